The predicted octanol–water partition coefficient (Wildman–Crippen LogP) is 3.74. The summed E-state index contributed by atoms with van der Waals surface area (Å²) in [5.41, 5.74) is 2.30. The van der Waals surface area contributed by atoms with Gasteiger partial charge in [0.25, 0.3) is 0 Å². The van der Waals surface area contributed by atoms with Crippen molar-refractivity contribution in [2.24, 2.45) is 0 Å². The molecule has 0 bridgehead atoms. The maximum absolute atomic E-state index is 11.9. The summed E-state index contributed by atoms with van der Waals surface area (Å²) in [5, 5.41) is 8.91. The molecule has 0 amide bonds. The topological polar surface area (TPSA) is 50.1 Å². The minimum atomic E-state index is -0.455. The van der Waals surface area contributed by atoms with E-state index < -0.39 is 5.97 Å². The fourth-order valence-electron chi connectivity index (χ4n) is 1.88. The van der Waals surface area contributed by atoms with Crippen molar-refractivity contribution in [3.05, 3.63) is 71.3 Å². The van der Waals surface area contributed by atoms with E-state index in [0.717, 1.165) is 17.5 Å². The number of hydrogen-bond donors (Lipinski definition) is 0. The monoisotopic (exact) mass is 277 g/mol. The van der Waals surface area contributed by atoms with Crippen LogP contribution in [-0.4, -0.2) is 5.97 Å². The number of hydrogen-bond acceptors (Lipinski definition) is 3. The molecule has 21 heavy (non-hydrogen) atoms. The lowest BCUT2D eigenvalue weighted by atomic mass is 10.1. The Morgan fingerprint density at radius 2 is 2.00 bits per heavy atom. The van der Waals surface area contributed by atoms with Gasteiger partial charge in [-0.3, -0.25) is 0 Å². The fourth-order valence-corrected chi connectivity index (χ4v) is 1.88. The molecule has 0 aliphatic rings. The van der Waals surface area contributed by atoms with E-state index in [1.807, 2.05) is 49.4 Å². The fraction of sp³-hybridized carbons (Fsp3) is 0.111. The second kappa shape index (κ2) is 7.06. The first-order chi connectivity index (χ1) is 10.2. The molecule has 0 saturated carbocycles. The van der Waals surface area contributed by atoms with Crippen molar-refractivity contribution in [2.45, 2.75) is 13.3 Å². The Morgan fingerprint density at radius 3 is 2.67 bits per heavy atom. The maximum Gasteiger partial charge on any atom is 0.336 e. The van der Waals surface area contributed by atoms with Gasteiger partial charge in [-0.1, -0.05) is 43.3 Å². The summed E-state index contributed by atoms with van der Waals surface area (Å²) in [5.74, 6) is -0.0112. The van der Waals surface area contributed by atoms with E-state index in [-0.39, 0.29) is 0 Å². The molecule has 0 N–H and O–H groups in total. The standard InChI is InChI=1S/C18H15NO2/c1-2-16-10-8-15(13-19)12-17(16)21-18(20)11-9-14-6-4-3-5-7-14/h3-12H,2H2,1H3/b11-9+. The molecule has 0 heterocycles. The number of carbonyl (C=O) groups excluding carboxylic acids is 1. The van der Waals surface area contributed by atoms with Crippen LogP contribution in [0.25, 0.3) is 6.08 Å². The summed E-state index contributed by atoms with van der Waals surface area (Å²) < 4.78 is 5.32. The molecule has 0 aliphatic carbocycles. The van der Waals surface area contributed by atoms with E-state index >= 15 is 0 Å². The summed E-state index contributed by atoms with van der Waals surface area (Å²) in [6.07, 6.45) is 3.81. The molecule has 3 nitrogen and oxygen atoms in total. The van der Waals surface area contributed by atoms with E-state index in [1.54, 1.807) is 18.2 Å². The van der Waals surface area contributed by atoms with Crippen molar-refractivity contribution in [3.8, 4) is 11.8 Å². The molecule has 0 unspecified atom stereocenters. The maximum atomic E-state index is 11.9. The third-order valence-corrected chi connectivity index (χ3v) is 3.00. The summed E-state index contributed by atoms with van der Waals surface area (Å²) in [6.45, 7) is 1.97. The SMILES string of the molecule is CCc1ccc(C#N)cc1OC(=O)/C=C/c1ccccc1. The van der Waals surface area contributed by atoms with Crippen LogP contribution in [0.1, 0.15) is 23.6 Å². The minimum Gasteiger partial charge on any atom is -0.423 e. The third-order valence-electron chi connectivity index (χ3n) is 3.00. The number of aryl methyl sites for hydroxylation is 1. The molecule has 3 heteroatoms. The number of carbonyl (C=O) groups is 1. The van der Waals surface area contributed by atoms with Crippen LogP contribution in [0.15, 0.2) is 54.6 Å². The normalized spacial score (nSPS) is 10.3. The van der Waals surface area contributed by atoms with Gasteiger partial charge < -0.3 is 4.74 Å². The molecule has 2 aromatic carbocycles. The second-order valence-corrected chi connectivity index (χ2v) is 4.45. The number of rotatable bonds is 4. The molecular weight excluding hydrogens is 262 g/mol. The van der Waals surface area contributed by atoms with Crippen LogP contribution in [0.5, 0.6) is 5.75 Å². The molecule has 0 radical (unpaired) electrons. The van der Waals surface area contributed by atoms with Crippen LogP contribution in [0, 0.1) is 11.3 Å². The Hall–Kier alpha value is -2.86. The molecule has 0 atom stereocenters. The molecule has 0 spiro atoms. The zero-order valence-corrected chi connectivity index (χ0v) is 11.7. The van der Waals surface area contributed by atoms with Crippen molar-refractivity contribution in [1.29, 1.82) is 5.26 Å². The van der Waals surface area contributed by atoms with Gasteiger partial charge in [0.2, 0.25) is 0 Å². The summed E-state index contributed by atoms with van der Waals surface area (Å²) in [7, 11) is 0. The quantitative estimate of drug-likeness (QED) is 0.486. The van der Waals surface area contributed by atoms with Crippen molar-refractivity contribution < 1.29 is 9.53 Å². The van der Waals surface area contributed by atoms with E-state index in [4.69, 9.17) is 10.00 Å². The zero-order chi connectivity index (χ0) is 15.1. The molecular formula is C18H15NO2. The van der Waals surface area contributed by atoms with Crippen LogP contribution < -0.4 is 4.74 Å². The number of ether oxygens (including phenoxy) is 1. The number of benzene rings is 2. The molecule has 2 rings (SSSR count). The Labute approximate surface area is 124 Å². The number of nitrogens with zero attached hydrogens (tertiary/aromatic N) is 1. The van der Waals surface area contributed by atoms with Crippen LogP contribution >= 0.6 is 0 Å². The Bertz CT molecular complexity index is 697. The van der Waals surface area contributed by atoms with Crippen LogP contribution in [0.4, 0.5) is 0 Å². The first-order valence-electron chi connectivity index (χ1n) is 6.71. The van der Waals surface area contributed by atoms with E-state index in [9.17, 15) is 4.79 Å². The van der Waals surface area contributed by atoms with Gasteiger partial charge in [0.05, 0.1) is 11.6 Å². The molecule has 0 saturated heterocycles. The zero-order valence-electron chi connectivity index (χ0n) is 11.7. The minimum absolute atomic E-state index is 0.444. The molecule has 0 fully saturated rings. The van der Waals surface area contributed by atoms with Gasteiger partial charge in [-0.05, 0) is 35.8 Å². The van der Waals surface area contributed by atoms with Gasteiger partial charge in [0.15, 0.2) is 0 Å². The van der Waals surface area contributed by atoms with Gasteiger partial charge >= 0.3 is 5.97 Å². The summed E-state index contributed by atoms with van der Waals surface area (Å²) in [4.78, 5) is 11.9. The molecule has 2 aromatic rings. The van der Waals surface area contributed by atoms with Crippen LogP contribution in [0.2, 0.25) is 0 Å². The Kier molecular flexibility index (Phi) is 4.89. The largest absolute Gasteiger partial charge is 0.423 e. The van der Waals surface area contributed by atoms with Crippen LogP contribution in [0.3, 0.4) is 0 Å². The highest BCUT2D eigenvalue weighted by Crippen LogP contribution is 2.21. The van der Waals surface area contributed by atoms with E-state index in [0.29, 0.717) is 11.3 Å². The third kappa shape index (κ3) is 4.05. The van der Waals surface area contributed by atoms with Crippen molar-refractivity contribution in [3.63, 3.8) is 0 Å². The van der Waals surface area contributed by atoms with Gasteiger partial charge in [0, 0.05) is 6.08 Å². The summed E-state index contributed by atoms with van der Waals surface area (Å²) in [6, 6.07) is 16.7. The molecule has 0 aromatic heterocycles. The highest BCUT2D eigenvalue weighted by atomic mass is 16.5. The van der Waals surface area contributed by atoms with Gasteiger partial charge in [-0.2, -0.15) is 5.26 Å². The molecule has 104 valence electrons. The lowest BCUT2D eigenvalue weighted by Crippen LogP contribution is -2.06. The van der Waals surface area contributed by atoms with Crippen molar-refractivity contribution >= 4 is 12.0 Å². The van der Waals surface area contributed by atoms with Gasteiger partial charge in [-0.25, -0.2) is 4.79 Å². The van der Waals surface area contributed by atoms with Crippen molar-refractivity contribution in [1.82, 2.24) is 0 Å². The average Bonchev–Trinajstić information content (AvgIpc) is 2.54. The first kappa shape index (κ1) is 14.5. The van der Waals surface area contributed by atoms with Crippen molar-refractivity contribution in [2.75, 3.05) is 0 Å². The average molecular weight is 277 g/mol. The number of esters is 1. The van der Waals surface area contributed by atoms with Gasteiger partial charge in [-0.15, -0.1) is 0 Å². The lowest BCUT2D eigenvalue weighted by molar-refractivity contribution is -0.128. The number of nitriles is 1. The second-order valence-electron chi connectivity index (χ2n) is 4.45. The predicted molar refractivity (Wildman–Crippen MR) is 81.6 cm³/mol. The Morgan fingerprint density at radius 1 is 1.24 bits per heavy atom. The highest BCUT2D eigenvalue weighted by Gasteiger charge is 2.07. The highest BCUT2D eigenvalue weighted by molar-refractivity contribution is 5.88. The van der Waals surface area contributed by atoms with Crippen LogP contribution in [-0.2, 0) is 11.2 Å². The molecule has 0 aliphatic heterocycles. The Balaban J connectivity index is 2.13. The smallest absolute Gasteiger partial charge is 0.336 e. The first-order valence-corrected chi connectivity index (χ1v) is 6.71. The van der Waals surface area contributed by atoms with E-state index in [1.165, 1.54) is 6.08 Å². The van der Waals surface area contributed by atoms with E-state index in [2.05, 4.69) is 0 Å². The van der Waals surface area contributed by atoms with Gasteiger partial charge in [0.1, 0.15) is 5.75 Å². The summed E-state index contributed by atoms with van der Waals surface area (Å²) >= 11 is 0. The lowest BCUT2D eigenvalue weighted by Gasteiger charge is -2.07.